The molecule has 0 spiro atoms. The van der Waals surface area contributed by atoms with E-state index in [0.29, 0.717) is 13.0 Å². The molecule has 0 bridgehead atoms. The fourth-order valence-electron chi connectivity index (χ4n) is 3.58. The van der Waals surface area contributed by atoms with Crippen LogP contribution < -0.4 is 0 Å². The predicted molar refractivity (Wildman–Crippen MR) is 76.0 cm³/mol. The topological polar surface area (TPSA) is 129 Å². The predicted octanol–water partition coefficient (Wildman–Crippen LogP) is -1.75. The van der Waals surface area contributed by atoms with Crippen LogP contribution in [0, 0.1) is 5.92 Å². The Hall–Kier alpha value is -0.580. The van der Waals surface area contributed by atoms with E-state index in [9.17, 15) is 25.5 Å². The van der Waals surface area contributed by atoms with Gasteiger partial charge in [-0.15, -0.1) is 0 Å². The van der Waals surface area contributed by atoms with Crippen LogP contribution >= 0.6 is 0 Å². The fraction of sp³-hybridized carbons (Fsp3) is 0.867. The standard InChI is InChI=1S/C15H24O8/c1-15(20)4-2-7-3-5-21-13(9(7)15)23-14-12(19)11(18)10(17)8(6-16)22-14/h3,8-14,16-20H,2,4-6H2,1H3/t8-,9-,10-,11+,12-,13+,14+,15+/m1/s1. The second-order valence-electron chi connectivity index (χ2n) is 6.65. The molecule has 3 aliphatic rings. The van der Waals surface area contributed by atoms with Crippen LogP contribution in [0.15, 0.2) is 11.6 Å². The van der Waals surface area contributed by atoms with Gasteiger partial charge in [0.15, 0.2) is 12.6 Å². The molecule has 5 N–H and O–H groups in total. The zero-order valence-corrected chi connectivity index (χ0v) is 12.9. The van der Waals surface area contributed by atoms with Crippen LogP contribution in [-0.2, 0) is 14.2 Å². The highest BCUT2D eigenvalue weighted by atomic mass is 16.8. The van der Waals surface area contributed by atoms with Crippen LogP contribution in [0.1, 0.15) is 19.8 Å². The summed E-state index contributed by atoms with van der Waals surface area (Å²) < 4.78 is 16.6. The van der Waals surface area contributed by atoms with Crippen molar-refractivity contribution in [1.82, 2.24) is 0 Å². The molecular formula is C15H24O8. The smallest absolute Gasteiger partial charge is 0.189 e. The maximum Gasteiger partial charge on any atom is 0.189 e. The molecule has 23 heavy (non-hydrogen) atoms. The van der Waals surface area contributed by atoms with Gasteiger partial charge in [0.2, 0.25) is 0 Å². The van der Waals surface area contributed by atoms with Crippen molar-refractivity contribution >= 4 is 0 Å². The third kappa shape index (κ3) is 3.06. The Morgan fingerprint density at radius 2 is 1.96 bits per heavy atom. The van der Waals surface area contributed by atoms with Crippen molar-refractivity contribution in [2.75, 3.05) is 13.2 Å². The van der Waals surface area contributed by atoms with E-state index < -0.39 is 49.2 Å². The van der Waals surface area contributed by atoms with E-state index in [1.807, 2.05) is 6.08 Å². The Balaban J connectivity index is 1.74. The Labute approximate surface area is 133 Å². The lowest BCUT2D eigenvalue weighted by molar-refractivity contribution is -0.347. The van der Waals surface area contributed by atoms with Crippen molar-refractivity contribution in [3.63, 3.8) is 0 Å². The van der Waals surface area contributed by atoms with Crippen LogP contribution in [0.5, 0.6) is 0 Å². The first-order valence-corrected chi connectivity index (χ1v) is 7.84. The van der Waals surface area contributed by atoms with Crippen LogP contribution in [0.2, 0.25) is 0 Å². The number of ether oxygens (including phenoxy) is 3. The Bertz CT molecular complexity index is 462. The fourth-order valence-corrected chi connectivity index (χ4v) is 3.58. The van der Waals surface area contributed by atoms with E-state index in [2.05, 4.69) is 0 Å². The molecule has 0 aromatic carbocycles. The average Bonchev–Trinajstić information content (AvgIpc) is 2.84. The van der Waals surface area contributed by atoms with Crippen molar-refractivity contribution in [2.24, 2.45) is 5.92 Å². The van der Waals surface area contributed by atoms with Gasteiger partial charge in [-0.05, 0) is 19.8 Å². The summed E-state index contributed by atoms with van der Waals surface area (Å²) in [6.45, 7) is 1.50. The zero-order valence-electron chi connectivity index (χ0n) is 12.9. The van der Waals surface area contributed by atoms with Crippen molar-refractivity contribution < 1.29 is 39.7 Å². The van der Waals surface area contributed by atoms with Crippen molar-refractivity contribution in [1.29, 1.82) is 0 Å². The quantitative estimate of drug-likeness (QED) is 0.385. The average molecular weight is 332 g/mol. The minimum Gasteiger partial charge on any atom is -0.394 e. The van der Waals surface area contributed by atoms with E-state index in [4.69, 9.17) is 14.2 Å². The summed E-state index contributed by atoms with van der Waals surface area (Å²) in [5.41, 5.74) is 0.0428. The molecule has 0 aromatic rings. The third-order valence-corrected chi connectivity index (χ3v) is 4.98. The van der Waals surface area contributed by atoms with E-state index in [-0.39, 0.29) is 5.92 Å². The summed E-state index contributed by atoms with van der Waals surface area (Å²) in [5, 5.41) is 49.4. The first-order valence-electron chi connectivity index (χ1n) is 7.84. The molecule has 1 saturated carbocycles. The van der Waals surface area contributed by atoms with Crippen LogP contribution in [-0.4, -0.2) is 81.3 Å². The van der Waals surface area contributed by atoms with Crippen molar-refractivity contribution in [2.45, 2.75) is 62.4 Å². The van der Waals surface area contributed by atoms with Gasteiger partial charge in [-0.2, -0.15) is 0 Å². The van der Waals surface area contributed by atoms with E-state index in [0.717, 1.165) is 12.0 Å². The first kappa shape index (κ1) is 17.2. The van der Waals surface area contributed by atoms with E-state index in [1.165, 1.54) is 0 Å². The van der Waals surface area contributed by atoms with Gasteiger partial charge >= 0.3 is 0 Å². The first-order chi connectivity index (χ1) is 10.8. The van der Waals surface area contributed by atoms with Gasteiger partial charge in [-0.1, -0.05) is 11.6 Å². The number of aliphatic hydroxyl groups is 5. The van der Waals surface area contributed by atoms with Crippen molar-refractivity contribution in [3.8, 4) is 0 Å². The lowest BCUT2D eigenvalue weighted by Crippen LogP contribution is -2.60. The molecule has 2 aliphatic heterocycles. The number of hydrogen-bond donors (Lipinski definition) is 5. The summed E-state index contributed by atoms with van der Waals surface area (Å²) in [6, 6.07) is 0. The molecule has 1 aliphatic carbocycles. The highest BCUT2D eigenvalue weighted by molar-refractivity contribution is 5.21. The number of fused-ring (bicyclic) bond motifs is 1. The second kappa shape index (κ2) is 6.38. The Kier molecular flexibility index (Phi) is 4.78. The number of rotatable bonds is 3. The van der Waals surface area contributed by atoms with Gasteiger partial charge in [0.25, 0.3) is 0 Å². The molecule has 2 fully saturated rings. The van der Waals surface area contributed by atoms with E-state index >= 15 is 0 Å². The van der Waals surface area contributed by atoms with Gasteiger partial charge in [-0.25, -0.2) is 0 Å². The molecule has 8 heteroatoms. The highest BCUT2D eigenvalue weighted by Crippen LogP contribution is 2.45. The van der Waals surface area contributed by atoms with Crippen LogP contribution in [0.3, 0.4) is 0 Å². The lowest BCUT2D eigenvalue weighted by Gasteiger charge is -2.43. The summed E-state index contributed by atoms with van der Waals surface area (Å²) in [4.78, 5) is 0. The lowest BCUT2D eigenvalue weighted by atomic mass is 9.88. The largest absolute Gasteiger partial charge is 0.394 e. The number of hydrogen-bond acceptors (Lipinski definition) is 8. The Morgan fingerprint density at radius 3 is 2.65 bits per heavy atom. The SMILES string of the molecule is C[C@]1(O)CCC2=CCO[C@@H](O[C@@H]3O[C@H](CO)[C@@H](O)[C@H](O)[C@H]3O)[C@@H]21. The maximum atomic E-state index is 10.5. The summed E-state index contributed by atoms with van der Waals surface area (Å²) in [7, 11) is 0. The molecule has 8 atom stereocenters. The molecule has 0 aromatic heterocycles. The molecule has 3 rings (SSSR count). The molecule has 0 unspecified atom stereocenters. The third-order valence-electron chi connectivity index (χ3n) is 4.98. The highest BCUT2D eigenvalue weighted by Gasteiger charge is 2.51. The normalized spacial score (nSPS) is 50.5. The molecule has 1 saturated heterocycles. The van der Waals surface area contributed by atoms with Crippen LogP contribution in [0.25, 0.3) is 0 Å². The maximum absolute atomic E-state index is 10.5. The monoisotopic (exact) mass is 332 g/mol. The minimum atomic E-state index is -1.51. The van der Waals surface area contributed by atoms with Gasteiger partial charge in [-0.3, -0.25) is 0 Å². The van der Waals surface area contributed by atoms with Gasteiger partial charge in [0.05, 0.1) is 24.7 Å². The van der Waals surface area contributed by atoms with E-state index in [1.54, 1.807) is 6.92 Å². The van der Waals surface area contributed by atoms with Crippen molar-refractivity contribution in [3.05, 3.63) is 11.6 Å². The second-order valence-corrected chi connectivity index (χ2v) is 6.65. The molecule has 2 heterocycles. The van der Waals surface area contributed by atoms with Gasteiger partial charge in [0.1, 0.15) is 24.4 Å². The molecular weight excluding hydrogens is 308 g/mol. The minimum absolute atomic E-state index is 0.323. The van der Waals surface area contributed by atoms with Crippen LogP contribution in [0.4, 0.5) is 0 Å². The summed E-state index contributed by atoms with van der Waals surface area (Å²) in [5.74, 6) is -0.386. The molecule has 0 radical (unpaired) electrons. The number of aliphatic hydroxyl groups excluding tert-OH is 4. The molecule has 0 amide bonds. The summed E-state index contributed by atoms with van der Waals surface area (Å²) in [6.07, 6.45) is -4.34. The van der Waals surface area contributed by atoms with Gasteiger partial charge < -0.3 is 39.7 Å². The Morgan fingerprint density at radius 1 is 1.22 bits per heavy atom. The summed E-state index contributed by atoms with van der Waals surface area (Å²) >= 11 is 0. The molecule has 132 valence electrons. The van der Waals surface area contributed by atoms with Gasteiger partial charge in [0, 0.05) is 0 Å². The zero-order chi connectivity index (χ0) is 16.8. The molecule has 8 nitrogen and oxygen atoms in total.